The lowest BCUT2D eigenvalue weighted by molar-refractivity contribution is 0.218. The maximum absolute atomic E-state index is 13.9. The minimum Gasteiger partial charge on any atom is -0.268 e. The molecule has 0 N–H and O–H groups in total. The van der Waals surface area contributed by atoms with Gasteiger partial charge in [0.2, 0.25) is 0 Å². The van der Waals surface area contributed by atoms with Crippen LogP contribution in [0.3, 0.4) is 0 Å². The molecule has 1 unspecified atom stereocenters. The summed E-state index contributed by atoms with van der Waals surface area (Å²) in [7, 11) is 0. The van der Waals surface area contributed by atoms with Gasteiger partial charge in [-0.2, -0.15) is 0 Å². The Balaban J connectivity index is 1.61. The molecule has 0 aliphatic heterocycles. The molecule has 0 radical (unpaired) electrons. The number of nitrogens with zero attached hydrogens (tertiary/aromatic N) is 2. The Morgan fingerprint density at radius 1 is 1.12 bits per heavy atom. The van der Waals surface area contributed by atoms with E-state index in [-0.39, 0.29) is 11.0 Å². The smallest absolute Gasteiger partial charge is 0.267 e. The summed E-state index contributed by atoms with van der Waals surface area (Å²) in [6.07, 6.45) is 3.12. The topological polar surface area (TPSA) is 34.9 Å². The maximum Gasteiger partial charge on any atom is 0.267 e. The normalized spacial score (nSPS) is 16.2. The Morgan fingerprint density at radius 2 is 1.85 bits per heavy atom. The van der Waals surface area contributed by atoms with Gasteiger partial charge in [0.05, 0.1) is 11.1 Å². The molecule has 33 heavy (non-hydrogen) atoms. The second-order valence-electron chi connectivity index (χ2n) is 9.78. The minimum atomic E-state index is 0.0523. The van der Waals surface area contributed by atoms with Gasteiger partial charge < -0.3 is 0 Å². The van der Waals surface area contributed by atoms with Crippen molar-refractivity contribution in [3.8, 4) is 5.69 Å². The predicted molar refractivity (Wildman–Crippen MR) is 141 cm³/mol. The van der Waals surface area contributed by atoms with Crippen molar-refractivity contribution in [2.45, 2.75) is 50.9 Å². The van der Waals surface area contributed by atoms with Crippen LogP contribution >= 0.6 is 34.7 Å². The van der Waals surface area contributed by atoms with Crippen molar-refractivity contribution in [2.75, 3.05) is 0 Å². The zero-order chi connectivity index (χ0) is 23.2. The molecule has 1 atom stereocenters. The van der Waals surface area contributed by atoms with Crippen molar-refractivity contribution in [3.63, 3.8) is 0 Å². The van der Waals surface area contributed by atoms with E-state index in [0.717, 1.165) is 56.7 Å². The van der Waals surface area contributed by atoms with Crippen molar-refractivity contribution in [1.82, 2.24) is 9.55 Å². The van der Waals surface area contributed by atoms with Gasteiger partial charge in [0, 0.05) is 15.7 Å². The Morgan fingerprint density at radius 3 is 2.55 bits per heavy atom. The molecule has 6 heteroatoms. The molecule has 2 heterocycles. The van der Waals surface area contributed by atoms with E-state index in [2.05, 4.69) is 20.8 Å². The van der Waals surface area contributed by atoms with Gasteiger partial charge in [-0.05, 0) is 66.0 Å². The maximum atomic E-state index is 13.9. The second kappa shape index (κ2) is 8.94. The molecular formula is C27H27ClN2OS2. The van der Waals surface area contributed by atoms with Crippen LogP contribution in [0.25, 0.3) is 15.9 Å². The van der Waals surface area contributed by atoms with Crippen LogP contribution in [0.1, 0.15) is 43.2 Å². The van der Waals surface area contributed by atoms with Crippen molar-refractivity contribution in [2.24, 2.45) is 11.3 Å². The van der Waals surface area contributed by atoms with E-state index >= 15 is 0 Å². The molecule has 0 saturated carbocycles. The first-order valence-corrected chi connectivity index (χ1v) is 13.5. The Kier molecular flexibility index (Phi) is 6.15. The van der Waals surface area contributed by atoms with Gasteiger partial charge in [0.25, 0.3) is 5.56 Å². The number of fused-ring (bicyclic) bond motifs is 3. The standard InChI is InChI=1S/C27H27ClN2OS2/c1-27(2,3)18-11-14-21-22(15-18)33-24-23(21)25(31)30(20-7-5-4-6-8-20)26(29-24)32-16-17-9-12-19(28)13-10-17/h4-10,12-13,18H,11,14-16H2,1-3H3. The van der Waals surface area contributed by atoms with Crippen LogP contribution in [0.4, 0.5) is 0 Å². The van der Waals surface area contributed by atoms with Crippen molar-refractivity contribution < 1.29 is 0 Å². The lowest BCUT2D eigenvalue weighted by Crippen LogP contribution is -2.27. The third-order valence-electron chi connectivity index (χ3n) is 6.57. The zero-order valence-corrected chi connectivity index (χ0v) is 21.5. The van der Waals surface area contributed by atoms with Gasteiger partial charge in [-0.15, -0.1) is 11.3 Å². The molecule has 0 fully saturated rings. The van der Waals surface area contributed by atoms with Crippen LogP contribution in [0.2, 0.25) is 5.02 Å². The number of aromatic nitrogens is 2. The Labute approximate surface area is 207 Å². The molecule has 0 spiro atoms. The highest BCUT2D eigenvalue weighted by atomic mass is 35.5. The molecule has 1 aliphatic rings. The minimum absolute atomic E-state index is 0.0523. The van der Waals surface area contributed by atoms with Crippen LogP contribution in [0.5, 0.6) is 0 Å². The number of hydrogen-bond acceptors (Lipinski definition) is 4. The van der Waals surface area contributed by atoms with E-state index in [1.807, 2.05) is 54.6 Å². The second-order valence-corrected chi connectivity index (χ2v) is 12.2. The zero-order valence-electron chi connectivity index (χ0n) is 19.1. The summed E-state index contributed by atoms with van der Waals surface area (Å²) in [6, 6.07) is 17.7. The molecular weight excluding hydrogens is 468 g/mol. The number of thiophene rings is 1. The fourth-order valence-electron chi connectivity index (χ4n) is 4.58. The highest BCUT2D eigenvalue weighted by Gasteiger charge is 2.32. The molecule has 2 aromatic carbocycles. The monoisotopic (exact) mass is 494 g/mol. The van der Waals surface area contributed by atoms with Crippen molar-refractivity contribution in [3.05, 3.63) is 86.0 Å². The van der Waals surface area contributed by atoms with Gasteiger partial charge in [0.15, 0.2) is 5.16 Å². The first-order chi connectivity index (χ1) is 15.8. The summed E-state index contributed by atoms with van der Waals surface area (Å²) >= 11 is 9.36. The third-order valence-corrected chi connectivity index (χ3v) is 8.98. The average Bonchev–Trinajstić information content (AvgIpc) is 3.16. The van der Waals surface area contributed by atoms with E-state index < -0.39 is 0 Å². The van der Waals surface area contributed by atoms with Crippen LogP contribution in [-0.2, 0) is 18.6 Å². The largest absolute Gasteiger partial charge is 0.268 e. The molecule has 0 bridgehead atoms. The number of benzene rings is 2. The Hall–Kier alpha value is -2.08. The fraction of sp³-hybridized carbons (Fsp3) is 0.333. The summed E-state index contributed by atoms with van der Waals surface area (Å²) < 4.78 is 1.80. The van der Waals surface area contributed by atoms with Crippen LogP contribution in [0, 0.1) is 11.3 Å². The van der Waals surface area contributed by atoms with E-state index in [1.54, 1.807) is 27.7 Å². The number of hydrogen-bond donors (Lipinski definition) is 0. The Bertz CT molecular complexity index is 1350. The van der Waals surface area contributed by atoms with E-state index in [1.165, 1.54) is 10.4 Å². The molecule has 2 aromatic heterocycles. The van der Waals surface area contributed by atoms with Gasteiger partial charge in [-0.3, -0.25) is 9.36 Å². The first kappa shape index (κ1) is 22.7. The molecule has 1 aliphatic carbocycles. The number of thioether (sulfide) groups is 1. The number of halogens is 1. The summed E-state index contributed by atoms with van der Waals surface area (Å²) in [4.78, 5) is 21.2. The number of aryl methyl sites for hydroxylation is 1. The molecule has 0 saturated heterocycles. The van der Waals surface area contributed by atoms with E-state index in [4.69, 9.17) is 16.6 Å². The van der Waals surface area contributed by atoms with E-state index in [0.29, 0.717) is 5.92 Å². The van der Waals surface area contributed by atoms with Gasteiger partial charge in [-0.1, -0.05) is 74.5 Å². The summed E-state index contributed by atoms with van der Waals surface area (Å²) in [5.74, 6) is 1.35. The number of rotatable bonds is 4. The summed E-state index contributed by atoms with van der Waals surface area (Å²) in [5.41, 5.74) is 3.56. The third kappa shape index (κ3) is 4.51. The van der Waals surface area contributed by atoms with E-state index in [9.17, 15) is 4.79 Å². The van der Waals surface area contributed by atoms with Crippen LogP contribution in [-0.4, -0.2) is 9.55 Å². The number of para-hydroxylation sites is 1. The summed E-state index contributed by atoms with van der Waals surface area (Å²) in [6.45, 7) is 6.96. The first-order valence-electron chi connectivity index (χ1n) is 11.3. The fourth-order valence-corrected chi connectivity index (χ4v) is 7.01. The van der Waals surface area contributed by atoms with Crippen LogP contribution < -0.4 is 5.56 Å². The van der Waals surface area contributed by atoms with Gasteiger partial charge in [0.1, 0.15) is 4.83 Å². The van der Waals surface area contributed by atoms with Crippen molar-refractivity contribution >= 4 is 44.9 Å². The lowest BCUT2D eigenvalue weighted by atomic mass is 9.72. The van der Waals surface area contributed by atoms with Crippen LogP contribution in [0.15, 0.2) is 64.5 Å². The van der Waals surface area contributed by atoms with Gasteiger partial charge in [-0.25, -0.2) is 4.98 Å². The molecule has 4 aromatic rings. The molecule has 5 rings (SSSR count). The highest BCUT2D eigenvalue weighted by Crippen LogP contribution is 2.42. The molecule has 3 nitrogen and oxygen atoms in total. The lowest BCUT2D eigenvalue weighted by Gasteiger charge is -2.33. The molecule has 0 amide bonds. The summed E-state index contributed by atoms with van der Waals surface area (Å²) in [5, 5.41) is 2.28. The highest BCUT2D eigenvalue weighted by molar-refractivity contribution is 7.98. The quantitative estimate of drug-likeness (QED) is 0.217. The average molecular weight is 495 g/mol. The molecule has 170 valence electrons. The predicted octanol–water partition coefficient (Wildman–Crippen LogP) is 7.54. The van der Waals surface area contributed by atoms with Gasteiger partial charge >= 0.3 is 0 Å². The van der Waals surface area contributed by atoms with Crippen molar-refractivity contribution in [1.29, 1.82) is 0 Å². The SMILES string of the molecule is CC(C)(C)C1CCc2c(sc3nc(SCc4ccc(Cl)cc4)n(-c4ccccc4)c(=O)c23)C1.